The van der Waals surface area contributed by atoms with Gasteiger partial charge in [0, 0.05) is 12.8 Å². The van der Waals surface area contributed by atoms with Gasteiger partial charge in [-0.2, -0.15) is 5.26 Å². The van der Waals surface area contributed by atoms with Crippen molar-refractivity contribution >= 4 is 11.9 Å². The standard InChI is InChI=1S/C16H14FN3O2/c1-3-20-15(21)13(8-18)10(2)14(16(20)22)9-19-12-6-4-11(17)5-7-12/h4-7,9,22H,3H2,1-2H3. The highest BCUT2D eigenvalue weighted by Crippen LogP contribution is 2.21. The van der Waals surface area contributed by atoms with Crippen molar-refractivity contribution in [2.24, 2.45) is 4.99 Å². The van der Waals surface area contributed by atoms with Crippen molar-refractivity contribution in [2.45, 2.75) is 20.4 Å². The normalized spacial score (nSPS) is 10.8. The summed E-state index contributed by atoms with van der Waals surface area (Å²) >= 11 is 0. The molecule has 0 aliphatic heterocycles. The molecule has 22 heavy (non-hydrogen) atoms. The van der Waals surface area contributed by atoms with Crippen molar-refractivity contribution in [2.75, 3.05) is 0 Å². The van der Waals surface area contributed by atoms with Crippen LogP contribution in [-0.2, 0) is 6.54 Å². The lowest BCUT2D eigenvalue weighted by atomic mass is 10.1. The summed E-state index contributed by atoms with van der Waals surface area (Å²) in [6.07, 6.45) is 1.37. The lowest BCUT2D eigenvalue weighted by molar-refractivity contribution is 0.409. The molecule has 0 saturated heterocycles. The number of nitrogens with zero attached hydrogens (tertiary/aromatic N) is 3. The molecule has 2 rings (SSSR count). The molecule has 1 aromatic heterocycles. The maximum atomic E-state index is 12.9. The van der Waals surface area contributed by atoms with Gasteiger partial charge in [0.2, 0.25) is 5.88 Å². The summed E-state index contributed by atoms with van der Waals surface area (Å²) in [5, 5.41) is 19.3. The maximum absolute atomic E-state index is 12.9. The second-order valence-corrected chi connectivity index (χ2v) is 4.63. The van der Waals surface area contributed by atoms with Crippen LogP contribution in [0.3, 0.4) is 0 Å². The highest BCUT2D eigenvalue weighted by Gasteiger charge is 2.16. The van der Waals surface area contributed by atoms with Gasteiger partial charge in [0.25, 0.3) is 5.56 Å². The van der Waals surface area contributed by atoms with Gasteiger partial charge >= 0.3 is 0 Å². The minimum Gasteiger partial charge on any atom is -0.494 e. The first-order chi connectivity index (χ1) is 10.5. The van der Waals surface area contributed by atoms with Gasteiger partial charge in [-0.05, 0) is 43.7 Å². The molecule has 0 saturated carbocycles. The Hall–Kier alpha value is -2.94. The quantitative estimate of drug-likeness (QED) is 0.885. The predicted molar refractivity (Wildman–Crippen MR) is 81.1 cm³/mol. The van der Waals surface area contributed by atoms with E-state index in [9.17, 15) is 14.3 Å². The van der Waals surface area contributed by atoms with E-state index in [1.54, 1.807) is 13.8 Å². The Morgan fingerprint density at radius 1 is 1.41 bits per heavy atom. The number of aromatic hydroxyl groups is 1. The van der Waals surface area contributed by atoms with Crippen molar-refractivity contribution in [3.63, 3.8) is 0 Å². The molecule has 0 amide bonds. The van der Waals surface area contributed by atoms with Crippen LogP contribution in [0.1, 0.15) is 23.6 Å². The van der Waals surface area contributed by atoms with E-state index in [4.69, 9.17) is 5.26 Å². The van der Waals surface area contributed by atoms with Crippen LogP contribution in [-0.4, -0.2) is 15.9 Å². The zero-order valence-electron chi connectivity index (χ0n) is 12.2. The number of hydrogen-bond donors (Lipinski definition) is 1. The maximum Gasteiger partial charge on any atom is 0.271 e. The van der Waals surface area contributed by atoms with Gasteiger partial charge in [0.1, 0.15) is 17.4 Å². The molecule has 5 nitrogen and oxygen atoms in total. The third-order valence-corrected chi connectivity index (χ3v) is 3.33. The predicted octanol–water partition coefficient (Wildman–Crippen LogP) is 2.64. The number of aromatic nitrogens is 1. The van der Waals surface area contributed by atoms with E-state index in [1.165, 1.54) is 30.5 Å². The first-order valence-corrected chi connectivity index (χ1v) is 6.65. The number of nitriles is 1. The summed E-state index contributed by atoms with van der Waals surface area (Å²) < 4.78 is 14.0. The minimum absolute atomic E-state index is 0.0276. The third kappa shape index (κ3) is 2.74. The van der Waals surface area contributed by atoms with Crippen LogP contribution in [0.5, 0.6) is 5.88 Å². The smallest absolute Gasteiger partial charge is 0.271 e. The van der Waals surface area contributed by atoms with Crippen LogP contribution in [0.2, 0.25) is 0 Å². The van der Waals surface area contributed by atoms with Gasteiger partial charge in [-0.3, -0.25) is 14.4 Å². The summed E-state index contributed by atoms with van der Waals surface area (Å²) in [6, 6.07) is 7.37. The third-order valence-electron chi connectivity index (χ3n) is 3.33. The van der Waals surface area contributed by atoms with Crippen LogP contribution in [0.15, 0.2) is 34.1 Å². The first-order valence-electron chi connectivity index (χ1n) is 6.65. The fourth-order valence-electron chi connectivity index (χ4n) is 2.09. The van der Waals surface area contributed by atoms with Crippen molar-refractivity contribution in [1.29, 1.82) is 5.26 Å². The van der Waals surface area contributed by atoms with E-state index in [-0.39, 0.29) is 23.8 Å². The highest BCUT2D eigenvalue weighted by atomic mass is 19.1. The summed E-state index contributed by atoms with van der Waals surface area (Å²) in [7, 11) is 0. The molecule has 112 valence electrons. The minimum atomic E-state index is -0.529. The Balaban J connectivity index is 2.58. The Kier molecular flexibility index (Phi) is 4.37. The molecule has 0 fully saturated rings. The van der Waals surface area contributed by atoms with Crippen LogP contribution in [0.4, 0.5) is 10.1 Å². The molecule has 2 aromatic rings. The van der Waals surface area contributed by atoms with Crippen LogP contribution < -0.4 is 5.56 Å². The Bertz CT molecular complexity index is 830. The van der Waals surface area contributed by atoms with Gasteiger partial charge in [0.15, 0.2) is 0 Å². The summed E-state index contributed by atoms with van der Waals surface area (Å²) in [6.45, 7) is 3.50. The van der Waals surface area contributed by atoms with Crippen LogP contribution in [0, 0.1) is 24.1 Å². The fraction of sp³-hybridized carbons (Fsp3) is 0.188. The van der Waals surface area contributed by atoms with Gasteiger partial charge in [-0.15, -0.1) is 0 Å². The molecule has 1 heterocycles. The second-order valence-electron chi connectivity index (χ2n) is 4.63. The largest absolute Gasteiger partial charge is 0.494 e. The topological polar surface area (TPSA) is 78.4 Å². The van der Waals surface area contributed by atoms with E-state index in [0.29, 0.717) is 16.8 Å². The van der Waals surface area contributed by atoms with E-state index >= 15 is 0 Å². The molecule has 0 aliphatic carbocycles. The molecule has 1 N–H and O–H groups in total. The van der Waals surface area contributed by atoms with Crippen molar-refractivity contribution in [3.05, 3.63) is 57.1 Å². The summed E-state index contributed by atoms with van der Waals surface area (Å²) in [5.74, 6) is -0.612. The number of aliphatic imine (C=N–C) groups is 1. The van der Waals surface area contributed by atoms with Crippen molar-refractivity contribution in [3.8, 4) is 11.9 Å². The Labute approximate surface area is 126 Å². The number of rotatable bonds is 3. The molecular formula is C16H14FN3O2. The Morgan fingerprint density at radius 2 is 2.05 bits per heavy atom. The van der Waals surface area contributed by atoms with E-state index in [0.717, 1.165) is 4.57 Å². The highest BCUT2D eigenvalue weighted by molar-refractivity contribution is 5.87. The van der Waals surface area contributed by atoms with E-state index < -0.39 is 5.56 Å². The SMILES string of the molecule is CCn1c(O)c(C=Nc2ccc(F)cc2)c(C)c(C#N)c1=O. The number of pyridine rings is 1. The molecule has 0 bridgehead atoms. The number of hydrogen-bond acceptors (Lipinski definition) is 4. The molecule has 0 radical (unpaired) electrons. The Morgan fingerprint density at radius 3 is 2.59 bits per heavy atom. The van der Waals surface area contributed by atoms with Crippen LogP contribution in [0.25, 0.3) is 0 Å². The average Bonchev–Trinajstić information content (AvgIpc) is 2.50. The van der Waals surface area contributed by atoms with Gasteiger partial charge in [-0.1, -0.05) is 0 Å². The second kappa shape index (κ2) is 6.22. The molecule has 0 aliphatic rings. The van der Waals surface area contributed by atoms with Gasteiger partial charge in [-0.25, -0.2) is 4.39 Å². The van der Waals surface area contributed by atoms with Crippen molar-refractivity contribution < 1.29 is 9.50 Å². The van der Waals surface area contributed by atoms with Crippen LogP contribution >= 0.6 is 0 Å². The molecular weight excluding hydrogens is 285 g/mol. The molecule has 0 unspecified atom stereocenters. The monoisotopic (exact) mass is 299 g/mol. The average molecular weight is 299 g/mol. The zero-order chi connectivity index (χ0) is 16.3. The lowest BCUT2D eigenvalue weighted by Crippen LogP contribution is -2.24. The number of halogens is 1. The summed E-state index contributed by atoms with van der Waals surface area (Å²) in [5.41, 5.74) is 0.593. The molecule has 0 atom stereocenters. The lowest BCUT2D eigenvalue weighted by Gasteiger charge is -2.11. The first kappa shape index (κ1) is 15.4. The molecule has 0 spiro atoms. The van der Waals surface area contributed by atoms with E-state index in [1.807, 2.05) is 6.07 Å². The molecule has 6 heteroatoms. The van der Waals surface area contributed by atoms with Crippen molar-refractivity contribution in [1.82, 2.24) is 4.57 Å². The molecule has 1 aromatic carbocycles. The zero-order valence-corrected chi connectivity index (χ0v) is 12.2. The number of benzene rings is 1. The van der Waals surface area contributed by atoms with Gasteiger partial charge in [0.05, 0.1) is 11.3 Å². The van der Waals surface area contributed by atoms with Gasteiger partial charge < -0.3 is 5.11 Å². The summed E-state index contributed by atoms with van der Waals surface area (Å²) in [4.78, 5) is 16.2. The fourth-order valence-corrected chi connectivity index (χ4v) is 2.09. The van der Waals surface area contributed by atoms with E-state index in [2.05, 4.69) is 4.99 Å².